The molecule has 0 aliphatic carbocycles. The van der Waals surface area contributed by atoms with Gasteiger partial charge in [0.25, 0.3) is 0 Å². The number of ether oxygens (including phenoxy) is 3. The molecule has 2 aliphatic heterocycles. The summed E-state index contributed by atoms with van der Waals surface area (Å²) < 4.78 is 16.7. The number of carbonyl (C=O) groups excluding carboxylic acids is 2. The minimum atomic E-state index is -0.512. The number of hydrogen-bond donors (Lipinski definition) is 1. The standard InChI is InChI=1S/C22H33N3O5/c1-22(2,3)30-20(26)15-28-18-5-4-10-24(12-18)13-19-14-25(21(27)29-19)17-8-6-16(11-23)7-9-17/h6-9,18-19H,4-5,10-15,23H2,1-3H3. The molecule has 0 bridgehead atoms. The first-order chi connectivity index (χ1) is 14.2. The van der Waals surface area contributed by atoms with Crippen molar-refractivity contribution in [2.24, 2.45) is 5.73 Å². The Morgan fingerprint density at radius 3 is 2.63 bits per heavy atom. The number of amides is 1. The number of piperidine rings is 1. The first kappa shape index (κ1) is 22.5. The minimum absolute atomic E-state index is 0.0247. The number of nitrogens with zero attached hydrogens (tertiary/aromatic N) is 2. The third-order valence-electron chi connectivity index (χ3n) is 5.14. The van der Waals surface area contributed by atoms with Crippen LogP contribution in [0.15, 0.2) is 24.3 Å². The highest BCUT2D eigenvalue weighted by atomic mass is 16.6. The van der Waals surface area contributed by atoms with Crippen molar-refractivity contribution in [1.82, 2.24) is 4.90 Å². The van der Waals surface area contributed by atoms with Crippen LogP contribution < -0.4 is 10.6 Å². The molecule has 30 heavy (non-hydrogen) atoms. The average molecular weight is 420 g/mol. The van der Waals surface area contributed by atoms with Crippen LogP contribution in [0.4, 0.5) is 10.5 Å². The summed E-state index contributed by atoms with van der Waals surface area (Å²) in [5.74, 6) is -0.347. The fraction of sp³-hybridized carbons (Fsp3) is 0.636. The zero-order valence-electron chi connectivity index (χ0n) is 18.1. The van der Waals surface area contributed by atoms with Crippen molar-refractivity contribution >= 4 is 17.7 Å². The normalized spacial score (nSPS) is 22.8. The lowest BCUT2D eigenvalue weighted by Crippen LogP contribution is -2.44. The maximum atomic E-state index is 12.3. The lowest BCUT2D eigenvalue weighted by atomic mass is 10.1. The van der Waals surface area contributed by atoms with Crippen molar-refractivity contribution in [3.05, 3.63) is 29.8 Å². The Bertz CT molecular complexity index is 731. The van der Waals surface area contributed by atoms with E-state index in [9.17, 15) is 9.59 Å². The van der Waals surface area contributed by atoms with Crippen LogP contribution in [-0.4, -0.2) is 67.6 Å². The first-order valence-electron chi connectivity index (χ1n) is 10.6. The van der Waals surface area contributed by atoms with Gasteiger partial charge in [-0.05, 0) is 57.9 Å². The van der Waals surface area contributed by atoms with Crippen molar-refractivity contribution in [2.75, 3.05) is 37.7 Å². The molecule has 1 aromatic carbocycles. The van der Waals surface area contributed by atoms with E-state index in [0.717, 1.165) is 30.6 Å². The quantitative estimate of drug-likeness (QED) is 0.678. The number of benzene rings is 1. The third kappa shape index (κ3) is 6.42. The number of carbonyl (C=O) groups is 2. The van der Waals surface area contributed by atoms with E-state index in [0.29, 0.717) is 26.2 Å². The van der Waals surface area contributed by atoms with Crippen molar-refractivity contribution in [2.45, 2.75) is 58.0 Å². The number of likely N-dealkylation sites (tertiary alicyclic amines) is 1. The topological polar surface area (TPSA) is 94.3 Å². The molecule has 2 unspecified atom stereocenters. The van der Waals surface area contributed by atoms with E-state index in [1.807, 2.05) is 45.0 Å². The van der Waals surface area contributed by atoms with Gasteiger partial charge in [0.2, 0.25) is 0 Å². The summed E-state index contributed by atoms with van der Waals surface area (Å²) in [5, 5.41) is 0. The van der Waals surface area contributed by atoms with Gasteiger partial charge in [0.05, 0.1) is 12.6 Å². The van der Waals surface area contributed by atoms with Crippen LogP contribution in [-0.2, 0) is 25.5 Å². The smallest absolute Gasteiger partial charge is 0.414 e. The highest BCUT2D eigenvalue weighted by Crippen LogP contribution is 2.23. The molecule has 2 heterocycles. The molecule has 0 aromatic heterocycles. The van der Waals surface area contributed by atoms with Gasteiger partial charge in [-0.25, -0.2) is 9.59 Å². The van der Waals surface area contributed by atoms with E-state index in [2.05, 4.69) is 4.90 Å². The molecule has 2 fully saturated rings. The molecule has 8 nitrogen and oxygen atoms in total. The van der Waals surface area contributed by atoms with Crippen molar-refractivity contribution < 1.29 is 23.8 Å². The van der Waals surface area contributed by atoms with Gasteiger partial charge in [-0.2, -0.15) is 0 Å². The lowest BCUT2D eigenvalue weighted by molar-refractivity contribution is -0.163. The maximum Gasteiger partial charge on any atom is 0.414 e. The fourth-order valence-electron chi connectivity index (χ4n) is 3.80. The largest absolute Gasteiger partial charge is 0.458 e. The molecule has 0 saturated carbocycles. The third-order valence-corrected chi connectivity index (χ3v) is 5.14. The second kappa shape index (κ2) is 9.76. The van der Waals surface area contributed by atoms with Gasteiger partial charge in [-0.1, -0.05) is 12.1 Å². The van der Waals surface area contributed by atoms with Gasteiger partial charge in [0.1, 0.15) is 18.3 Å². The first-order valence-corrected chi connectivity index (χ1v) is 10.6. The molecule has 2 N–H and O–H groups in total. The van der Waals surface area contributed by atoms with E-state index >= 15 is 0 Å². The van der Waals surface area contributed by atoms with E-state index in [1.54, 1.807) is 4.90 Å². The number of cyclic esters (lactones) is 1. The van der Waals surface area contributed by atoms with E-state index in [4.69, 9.17) is 19.9 Å². The van der Waals surface area contributed by atoms with Crippen molar-refractivity contribution in [1.29, 1.82) is 0 Å². The molecule has 1 aromatic rings. The molecule has 8 heteroatoms. The molecular formula is C22H33N3O5. The summed E-state index contributed by atoms with van der Waals surface area (Å²) in [6, 6.07) is 7.64. The molecule has 1 amide bonds. The van der Waals surface area contributed by atoms with E-state index in [-0.39, 0.29) is 30.9 Å². The zero-order chi connectivity index (χ0) is 21.7. The summed E-state index contributed by atoms with van der Waals surface area (Å²) in [6.07, 6.45) is 1.34. The van der Waals surface area contributed by atoms with Crippen LogP contribution >= 0.6 is 0 Å². The highest BCUT2D eigenvalue weighted by Gasteiger charge is 2.34. The zero-order valence-corrected chi connectivity index (χ0v) is 18.1. The maximum absolute atomic E-state index is 12.3. The second-order valence-electron chi connectivity index (χ2n) is 8.91. The van der Waals surface area contributed by atoms with Crippen LogP contribution in [0.25, 0.3) is 0 Å². The predicted octanol–water partition coefficient (Wildman–Crippen LogP) is 2.29. The number of hydrogen-bond acceptors (Lipinski definition) is 7. The van der Waals surface area contributed by atoms with Gasteiger partial charge in [-0.15, -0.1) is 0 Å². The molecule has 2 saturated heterocycles. The van der Waals surface area contributed by atoms with Gasteiger partial charge < -0.3 is 19.9 Å². The van der Waals surface area contributed by atoms with Crippen LogP contribution in [0.1, 0.15) is 39.2 Å². The van der Waals surface area contributed by atoms with Crippen molar-refractivity contribution in [3.63, 3.8) is 0 Å². The summed E-state index contributed by atoms with van der Waals surface area (Å²) in [4.78, 5) is 28.1. The molecule has 2 atom stereocenters. The highest BCUT2D eigenvalue weighted by molar-refractivity contribution is 5.89. The minimum Gasteiger partial charge on any atom is -0.458 e. The summed E-state index contributed by atoms with van der Waals surface area (Å²) in [7, 11) is 0. The molecule has 166 valence electrons. The summed E-state index contributed by atoms with van der Waals surface area (Å²) in [5.41, 5.74) is 6.96. The number of rotatable bonds is 7. The Kier molecular flexibility index (Phi) is 7.33. The van der Waals surface area contributed by atoms with Crippen LogP contribution in [0.5, 0.6) is 0 Å². The Morgan fingerprint density at radius 1 is 1.23 bits per heavy atom. The SMILES string of the molecule is CC(C)(C)OC(=O)COC1CCCN(CC2CN(c3ccc(CN)cc3)C(=O)O2)C1. The number of esters is 1. The Labute approximate surface area is 178 Å². The van der Waals surface area contributed by atoms with E-state index in [1.165, 1.54) is 0 Å². The van der Waals surface area contributed by atoms with Crippen LogP contribution in [0.3, 0.4) is 0 Å². The summed E-state index contributed by atoms with van der Waals surface area (Å²) >= 11 is 0. The van der Waals surface area contributed by atoms with Crippen LogP contribution in [0.2, 0.25) is 0 Å². The Hall–Kier alpha value is -2.16. The Balaban J connectivity index is 1.46. The molecule has 3 rings (SSSR count). The van der Waals surface area contributed by atoms with Gasteiger partial charge in [0.15, 0.2) is 0 Å². The fourth-order valence-corrected chi connectivity index (χ4v) is 3.80. The second-order valence-corrected chi connectivity index (χ2v) is 8.91. The number of nitrogens with two attached hydrogens (primary N) is 1. The monoisotopic (exact) mass is 419 g/mol. The molecule has 2 aliphatic rings. The van der Waals surface area contributed by atoms with E-state index < -0.39 is 5.60 Å². The molecule has 0 radical (unpaired) electrons. The molecule has 0 spiro atoms. The summed E-state index contributed by atoms with van der Waals surface area (Å²) in [6.45, 7) is 8.74. The average Bonchev–Trinajstić information content (AvgIpc) is 3.05. The Morgan fingerprint density at radius 2 is 1.97 bits per heavy atom. The predicted molar refractivity (Wildman–Crippen MR) is 113 cm³/mol. The van der Waals surface area contributed by atoms with Gasteiger partial charge >= 0.3 is 12.1 Å². The number of anilines is 1. The molecular weight excluding hydrogens is 386 g/mol. The van der Waals surface area contributed by atoms with Crippen LogP contribution in [0, 0.1) is 0 Å². The van der Waals surface area contributed by atoms with Gasteiger partial charge in [-0.3, -0.25) is 9.80 Å². The van der Waals surface area contributed by atoms with Gasteiger partial charge in [0, 0.05) is 25.3 Å². The van der Waals surface area contributed by atoms with Crippen molar-refractivity contribution in [3.8, 4) is 0 Å². The lowest BCUT2D eigenvalue weighted by Gasteiger charge is -2.33.